The average molecular weight is 306 g/mol. The van der Waals surface area contributed by atoms with Crippen molar-refractivity contribution in [3.05, 3.63) is 51.8 Å². The molecular formula is C17H24ClN3. The summed E-state index contributed by atoms with van der Waals surface area (Å²) in [5.74, 6) is 0. The molecule has 1 aromatic heterocycles. The summed E-state index contributed by atoms with van der Waals surface area (Å²) in [6.45, 7) is 9.07. The fourth-order valence-corrected chi connectivity index (χ4v) is 2.91. The lowest BCUT2D eigenvalue weighted by Crippen LogP contribution is -2.36. The standard InChI is InChI=1S/C17H24ClN3/c1-5-14-16(18)15(21(6-2)20-14)11-17(4,19)13-9-7-12(3)8-10-13/h7-10H,5-6,11,19H2,1-4H3. The van der Waals surface area contributed by atoms with Gasteiger partial charge in [-0.15, -0.1) is 0 Å². The number of aromatic nitrogens is 2. The predicted octanol–water partition coefficient (Wildman–Crippen LogP) is 3.84. The second-order valence-electron chi connectivity index (χ2n) is 5.84. The van der Waals surface area contributed by atoms with Crippen molar-refractivity contribution in [2.24, 2.45) is 5.73 Å². The van der Waals surface area contributed by atoms with Crippen LogP contribution in [0.1, 0.15) is 43.3 Å². The van der Waals surface area contributed by atoms with E-state index in [1.54, 1.807) is 0 Å². The molecule has 1 aromatic carbocycles. The van der Waals surface area contributed by atoms with Crippen LogP contribution in [0.3, 0.4) is 0 Å². The molecule has 0 amide bonds. The molecule has 0 aliphatic heterocycles. The first kappa shape index (κ1) is 16.1. The van der Waals surface area contributed by atoms with Gasteiger partial charge in [-0.1, -0.05) is 48.4 Å². The fraction of sp³-hybridized carbons (Fsp3) is 0.471. The second-order valence-corrected chi connectivity index (χ2v) is 6.21. The van der Waals surface area contributed by atoms with E-state index in [0.29, 0.717) is 6.42 Å². The second kappa shape index (κ2) is 6.20. The number of rotatable bonds is 5. The minimum Gasteiger partial charge on any atom is -0.321 e. The van der Waals surface area contributed by atoms with E-state index in [1.807, 2.05) is 11.6 Å². The van der Waals surface area contributed by atoms with E-state index < -0.39 is 5.54 Å². The van der Waals surface area contributed by atoms with Crippen LogP contribution in [0.25, 0.3) is 0 Å². The largest absolute Gasteiger partial charge is 0.321 e. The summed E-state index contributed by atoms with van der Waals surface area (Å²) in [6.07, 6.45) is 1.51. The quantitative estimate of drug-likeness (QED) is 0.912. The van der Waals surface area contributed by atoms with E-state index >= 15 is 0 Å². The highest BCUT2D eigenvalue weighted by Gasteiger charge is 2.26. The molecule has 1 atom stereocenters. The Bertz CT molecular complexity index is 612. The smallest absolute Gasteiger partial charge is 0.0850 e. The molecule has 114 valence electrons. The number of aryl methyl sites for hydroxylation is 3. The number of hydrogen-bond donors (Lipinski definition) is 1. The van der Waals surface area contributed by atoms with Gasteiger partial charge in [0.25, 0.3) is 0 Å². The summed E-state index contributed by atoms with van der Waals surface area (Å²) in [7, 11) is 0. The normalized spacial score (nSPS) is 14.2. The molecule has 1 heterocycles. The molecule has 1 unspecified atom stereocenters. The van der Waals surface area contributed by atoms with Crippen molar-refractivity contribution in [2.45, 2.75) is 52.6 Å². The van der Waals surface area contributed by atoms with Gasteiger partial charge in [-0.25, -0.2) is 0 Å². The molecule has 4 heteroatoms. The third-order valence-corrected chi connectivity index (χ3v) is 4.38. The van der Waals surface area contributed by atoms with Crippen LogP contribution in [0.2, 0.25) is 5.02 Å². The predicted molar refractivity (Wildman–Crippen MR) is 88.7 cm³/mol. The Morgan fingerprint density at radius 2 is 1.86 bits per heavy atom. The van der Waals surface area contributed by atoms with Crippen molar-refractivity contribution < 1.29 is 0 Å². The summed E-state index contributed by atoms with van der Waals surface area (Å²) in [4.78, 5) is 0. The van der Waals surface area contributed by atoms with Crippen LogP contribution in [0.4, 0.5) is 0 Å². The molecule has 0 bridgehead atoms. The van der Waals surface area contributed by atoms with E-state index in [1.165, 1.54) is 5.56 Å². The topological polar surface area (TPSA) is 43.8 Å². The monoisotopic (exact) mass is 305 g/mol. The molecule has 0 spiro atoms. The summed E-state index contributed by atoms with van der Waals surface area (Å²) < 4.78 is 1.97. The van der Waals surface area contributed by atoms with Gasteiger partial charge in [-0.05, 0) is 32.8 Å². The van der Waals surface area contributed by atoms with Gasteiger partial charge in [0.2, 0.25) is 0 Å². The zero-order valence-electron chi connectivity index (χ0n) is 13.3. The van der Waals surface area contributed by atoms with Crippen LogP contribution < -0.4 is 5.73 Å². The van der Waals surface area contributed by atoms with E-state index in [0.717, 1.165) is 34.9 Å². The lowest BCUT2D eigenvalue weighted by Gasteiger charge is -2.26. The third-order valence-electron chi connectivity index (χ3n) is 3.94. The fourth-order valence-electron chi connectivity index (χ4n) is 2.57. The van der Waals surface area contributed by atoms with Crippen molar-refractivity contribution >= 4 is 11.6 Å². The summed E-state index contributed by atoms with van der Waals surface area (Å²) >= 11 is 6.49. The Balaban J connectivity index is 2.36. The molecule has 0 aliphatic carbocycles. The van der Waals surface area contributed by atoms with E-state index in [4.69, 9.17) is 17.3 Å². The average Bonchev–Trinajstić information content (AvgIpc) is 2.75. The third kappa shape index (κ3) is 3.30. The van der Waals surface area contributed by atoms with Crippen molar-refractivity contribution in [2.75, 3.05) is 0 Å². The number of nitrogens with two attached hydrogens (primary N) is 1. The van der Waals surface area contributed by atoms with Gasteiger partial charge in [0, 0.05) is 18.5 Å². The Labute approximate surface area is 132 Å². The number of benzene rings is 1. The van der Waals surface area contributed by atoms with Gasteiger partial charge < -0.3 is 5.73 Å². The molecular weight excluding hydrogens is 282 g/mol. The molecule has 0 saturated heterocycles. The van der Waals surface area contributed by atoms with Crippen LogP contribution in [0.5, 0.6) is 0 Å². The zero-order valence-corrected chi connectivity index (χ0v) is 14.0. The molecule has 2 N–H and O–H groups in total. The first-order valence-corrected chi connectivity index (χ1v) is 7.87. The molecule has 2 rings (SSSR count). The summed E-state index contributed by atoms with van der Waals surface area (Å²) in [6, 6.07) is 8.38. The first-order valence-electron chi connectivity index (χ1n) is 7.49. The van der Waals surface area contributed by atoms with E-state index in [2.05, 4.69) is 50.1 Å². The van der Waals surface area contributed by atoms with E-state index in [9.17, 15) is 0 Å². The Kier molecular flexibility index (Phi) is 4.74. The van der Waals surface area contributed by atoms with Gasteiger partial charge in [0.1, 0.15) is 0 Å². The van der Waals surface area contributed by atoms with Crippen LogP contribution in [0.15, 0.2) is 24.3 Å². The van der Waals surface area contributed by atoms with Gasteiger partial charge in [-0.2, -0.15) is 5.10 Å². The van der Waals surface area contributed by atoms with Gasteiger partial charge in [-0.3, -0.25) is 4.68 Å². The van der Waals surface area contributed by atoms with Crippen LogP contribution in [-0.4, -0.2) is 9.78 Å². The van der Waals surface area contributed by atoms with E-state index in [-0.39, 0.29) is 0 Å². The zero-order chi connectivity index (χ0) is 15.6. The van der Waals surface area contributed by atoms with Gasteiger partial charge in [0.15, 0.2) is 0 Å². The highest BCUT2D eigenvalue weighted by Crippen LogP contribution is 2.29. The highest BCUT2D eigenvalue weighted by molar-refractivity contribution is 6.31. The van der Waals surface area contributed by atoms with Crippen molar-refractivity contribution in [3.63, 3.8) is 0 Å². The Morgan fingerprint density at radius 1 is 1.24 bits per heavy atom. The summed E-state index contributed by atoms with van der Waals surface area (Å²) in [5, 5.41) is 5.33. The first-order chi connectivity index (χ1) is 9.89. The SMILES string of the molecule is CCc1nn(CC)c(CC(C)(N)c2ccc(C)cc2)c1Cl. The van der Waals surface area contributed by atoms with Crippen LogP contribution >= 0.6 is 11.6 Å². The van der Waals surface area contributed by atoms with Crippen molar-refractivity contribution in [1.29, 1.82) is 0 Å². The minimum atomic E-state index is -0.463. The van der Waals surface area contributed by atoms with Crippen molar-refractivity contribution in [3.8, 4) is 0 Å². The maximum Gasteiger partial charge on any atom is 0.0850 e. The van der Waals surface area contributed by atoms with Crippen LogP contribution in [-0.2, 0) is 24.9 Å². The lowest BCUT2D eigenvalue weighted by atomic mass is 9.88. The maximum absolute atomic E-state index is 6.56. The highest BCUT2D eigenvalue weighted by atomic mass is 35.5. The van der Waals surface area contributed by atoms with Crippen molar-refractivity contribution in [1.82, 2.24) is 9.78 Å². The molecule has 0 radical (unpaired) electrons. The Morgan fingerprint density at radius 3 is 2.38 bits per heavy atom. The molecule has 0 fully saturated rings. The number of hydrogen-bond acceptors (Lipinski definition) is 2. The van der Waals surface area contributed by atoms with Gasteiger partial charge >= 0.3 is 0 Å². The molecule has 21 heavy (non-hydrogen) atoms. The molecule has 2 aromatic rings. The minimum absolute atomic E-state index is 0.463. The number of halogens is 1. The molecule has 0 aliphatic rings. The Hall–Kier alpha value is -1.32. The van der Waals surface area contributed by atoms with Crippen LogP contribution in [0, 0.1) is 6.92 Å². The molecule has 0 saturated carbocycles. The lowest BCUT2D eigenvalue weighted by molar-refractivity contribution is 0.463. The number of nitrogens with zero attached hydrogens (tertiary/aromatic N) is 2. The maximum atomic E-state index is 6.56. The summed E-state index contributed by atoms with van der Waals surface area (Å²) in [5.41, 5.74) is 10.4. The van der Waals surface area contributed by atoms with Gasteiger partial charge in [0.05, 0.1) is 16.4 Å². The molecule has 3 nitrogen and oxygen atoms in total.